The SMILES string of the molecule is Cc1cccc(C(=O)N2CCCC2c2nnc(SCc3ccc(Cl)cc3)n2C)c1. The van der Waals surface area contributed by atoms with Gasteiger partial charge in [0.15, 0.2) is 11.0 Å². The van der Waals surface area contributed by atoms with Crippen molar-refractivity contribution in [2.24, 2.45) is 7.05 Å². The van der Waals surface area contributed by atoms with Crippen LogP contribution in [0.1, 0.15) is 46.2 Å². The number of carbonyl (C=O) groups is 1. The highest BCUT2D eigenvalue weighted by molar-refractivity contribution is 7.98. The van der Waals surface area contributed by atoms with Gasteiger partial charge in [0.05, 0.1) is 6.04 Å². The third kappa shape index (κ3) is 4.33. The van der Waals surface area contributed by atoms with Crippen molar-refractivity contribution in [2.45, 2.75) is 36.7 Å². The summed E-state index contributed by atoms with van der Waals surface area (Å²) in [5.41, 5.74) is 3.00. The van der Waals surface area contributed by atoms with Crippen LogP contribution in [-0.2, 0) is 12.8 Å². The molecule has 7 heteroatoms. The third-order valence-corrected chi connectivity index (χ3v) is 6.57. The van der Waals surface area contributed by atoms with Crippen molar-refractivity contribution in [2.75, 3.05) is 6.54 Å². The molecule has 1 amide bonds. The number of aromatic nitrogens is 3. The molecule has 0 saturated carbocycles. The van der Waals surface area contributed by atoms with E-state index in [1.165, 1.54) is 5.56 Å². The summed E-state index contributed by atoms with van der Waals surface area (Å²) in [6, 6.07) is 15.6. The van der Waals surface area contributed by atoms with Crippen molar-refractivity contribution in [3.63, 3.8) is 0 Å². The van der Waals surface area contributed by atoms with Crippen LogP contribution in [0.3, 0.4) is 0 Å². The highest BCUT2D eigenvalue weighted by atomic mass is 35.5. The maximum Gasteiger partial charge on any atom is 0.254 e. The number of nitrogens with zero attached hydrogens (tertiary/aromatic N) is 4. The zero-order valence-electron chi connectivity index (χ0n) is 16.5. The van der Waals surface area contributed by atoms with Gasteiger partial charge in [0.1, 0.15) is 0 Å². The molecule has 5 nitrogen and oxygen atoms in total. The number of likely N-dealkylation sites (tertiary alicyclic amines) is 1. The number of aryl methyl sites for hydroxylation is 1. The Balaban J connectivity index is 1.50. The summed E-state index contributed by atoms with van der Waals surface area (Å²) in [6.07, 6.45) is 1.88. The van der Waals surface area contributed by atoms with Gasteiger partial charge < -0.3 is 9.47 Å². The van der Waals surface area contributed by atoms with Gasteiger partial charge in [-0.3, -0.25) is 4.79 Å². The van der Waals surface area contributed by atoms with Gasteiger partial charge >= 0.3 is 0 Å². The van der Waals surface area contributed by atoms with Crippen LogP contribution >= 0.6 is 23.4 Å². The second-order valence-electron chi connectivity index (χ2n) is 7.34. The molecule has 1 unspecified atom stereocenters. The summed E-state index contributed by atoms with van der Waals surface area (Å²) in [4.78, 5) is 15.0. The summed E-state index contributed by atoms with van der Waals surface area (Å²) in [6.45, 7) is 2.75. The Hall–Kier alpha value is -2.31. The van der Waals surface area contributed by atoms with E-state index >= 15 is 0 Å². The Morgan fingerprint density at radius 2 is 2.00 bits per heavy atom. The molecule has 3 aromatic rings. The van der Waals surface area contributed by atoms with Gasteiger partial charge in [0.2, 0.25) is 0 Å². The van der Waals surface area contributed by atoms with Crippen molar-refractivity contribution < 1.29 is 4.79 Å². The van der Waals surface area contributed by atoms with E-state index in [1.54, 1.807) is 11.8 Å². The normalized spacial score (nSPS) is 16.4. The first kappa shape index (κ1) is 20.0. The molecular formula is C22H23ClN4OS. The molecule has 4 rings (SSSR count). The average molecular weight is 427 g/mol. The van der Waals surface area contributed by atoms with E-state index in [-0.39, 0.29) is 11.9 Å². The molecule has 0 aliphatic carbocycles. The van der Waals surface area contributed by atoms with E-state index in [2.05, 4.69) is 10.2 Å². The molecule has 2 aromatic carbocycles. The smallest absolute Gasteiger partial charge is 0.254 e. The van der Waals surface area contributed by atoms with Crippen LogP contribution in [0.15, 0.2) is 53.7 Å². The number of benzene rings is 2. The standard InChI is InChI=1S/C22H23ClN4OS/c1-15-5-3-6-17(13-15)21(28)27-12-4-7-19(27)20-24-25-22(26(20)2)29-14-16-8-10-18(23)11-9-16/h3,5-6,8-11,13,19H,4,7,12,14H2,1-2H3. The van der Waals surface area contributed by atoms with E-state index in [1.807, 2.05) is 72.0 Å². The Morgan fingerprint density at radius 3 is 2.76 bits per heavy atom. The van der Waals surface area contributed by atoms with Gasteiger partial charge in [0, 0.05) is 29.9 Å². The van der Waals surface area contributed by atoms with E-state index in [4.69, 9.17) is 11.6 Å². The van der Waals surface area contributed by atoms with E-state index < -0.39 is 0 Å². The van der Waals surface area contributed by atoms with Gasteiger partial charge in [-0.2, -0.15) is 0 Å². The Bertz CT molecular complexity index is 1020. The lowest BCUT2D eigenvalue weighted by atomic mass is 10.1. The van der Waals surface area contributed by atoms with E-state index in [0.717, 1.165) is 52.3 Å². The molecule has 29 heavy (non-hydrogen) atoms. The van der Waals surface area contributed by atoms with Crippen LogP contribution in [0.2, 0.25) is 5.02 Å². The van der Waals surface area contributed by atoms with Crippen LogP contribution < -0.4 is 0 Å². The van der Waals surface area contributed by atoms with E-state index in [9.17, 15) is 4.79 Å². The molecule has 1 fully saturated rings. The molecule has 0 spiro atoms. The Kier molecular flexibility index (Phi) is 5.92. The van der Waals surface area contributed by atoms with Crippen LogP contribution in [0.25, 0.3) is 0 Å². The highest BCUT2D eigenvalue weighted by Crippen LogP contribution is 2.34. The topological polar surface area (TPSA) is 51.0 Å². The van der Waals surface area contributed by atoms with Crippen molar-refractivity contribution >= 4 is 29.3 Å². The quantitative estimate of drug-likeness (QED) is 0.536. The second kappa shape index (κ2) is 8.59. The molecule has 1 atom stereocenters. The fourth-order valence-electron chi connectivity index (χ4n) is 3.69. The molecule has 1 saturated heterocycles. The highest BCUT2D eigenvalue weighted by Gasteiger charge is 2.34. The fraction of sp³-hybridized carbons (Fsp3) is 0.318. The summed E-state index contributed by atoms with van der Waals surface area (Å²) in [7, 11) is 1.98. The molecule has 1 aliphatic rings. The lowest BCUT2D eigenvalue weighted by molar-refractivity contribution is 0.0727. The van der Waals surface area contributed by atoms with Gasteiger partial charge in [-0.25, -0.2) is 0 Å². The fourth-order valence-corrected chi connectivity index (χ4v) is 4.69. The number of hydrogen-bond donors (Lipinski definition) is 0. The molecule has 150 valence electrons. The summed E-state index contributed by atoms with van der Waals surface area (Å²) in [5.74, 6) is 1.71. The van der Waals surface area contributed by atoms with Gasteiger partial charge in [-0.15, -0.1) is 10.2 Å². The van der Waals surface area contributed by atoms with Crippen LogP contribution in [0.4, 0.5) is 0 Å². The van der Waals surface area contributed by atoms with E-state index in [0.29, 0.717) is 0 Å². The maximum absolute atomic E-state index is 13.1. The Morgan fingerprint density at radius 1 is 1.21 bits per heavy atom. The van der Waals surface area contributed by atoms with Crippen LogP contribution in [-0.4, -0.2) is 32.1 Å². The predicted octanol–water partition coefficient (Wildman–Crippen LogP) is 5.05. The number of carbonyl (C=O) groups excluding carboxylic acids is 1. The van der Waals surface area contributed by atoms with Crippen molar-refractivity contribution in [1.29, 1.82) is 0 Å². The minimum Gasteiger partial charge on any atom is -0.328 e. The lowest BCUT2D eigenvalue weighted by Crippen LogP contribution is -2.32. The number of amides is 1. The lowest BCUT2D eigenvalue weighted by Gasteiger charge is -2.24. The third-order valence-electron chi connectivity index (χ3n) is 5.23. The van der Waals surface area contributed by atoms with Crippen LogP contribution in [0, 0.1) is 6.92 Å². The van der Waals surface area contributed by atoms with Gasteiger partial charge in [-0.1, -0.05) is 53.2 Å². The van der Waals surface area contributed by atoms with Crippen molar-refractivity contribution in [1.82, 2.24) is 19.7 Å². The van der Waals surface area contributed by atoms with Gasteiger partial charge in [0.25, 0.3) is 5.91 Å². The largest absolute Gasteiger partial charge is 0.328 e. The zero-order chi connectivity index (χ0) is 20.4. The molecular weight excluding hydrogens is 404 g/mol. The number of halogens is 1. The average Bonchev–Trinajstić information content (AvgIpc) is 3.33. The Labute approximate surface area is 180 Å². The maximum atomic E-state index is 13.1. The summed E-state index contributed by atoms with van der Waals surface area (Å²) >= 11 is 7.59. The molecule has 1 aliphatic heterocycles. The molecule has 0 radical (unpaired) electrons. The monoisotopic (exact) mass is 426 g/mol. The van der Waals surface area contributed by atoms with Crippen molar-refractivity contribution in [3.05, 3.63) is 76.1 Å². The summed E-state index contributed by atoms with van der Waals surface area (Å²) < 4.78 is 2.02. The number of hydrogen-bond acceptors (Lipinski definition) is 4. The molecule has 1 aromatic heterocycles. The van der Waals surface area contributed by atoms with Crippen molar-refractivity contribution in [3.8, 4) is 0 Å². The van der Waals surface area contributed by atoms with Crippen LogP contribution in [0.5, 0.6) is 0 Å². The first-order valence-electron chi connectivity index (χ1n) is 9.67. The zero-order valence-corrected chi connectivity index (χ0v) is 18.1. The predicted molar refractivity (Wildman–Crippen MR) is 116 cm³/mol. The first-order valence-corrected chi connectivity index (χ1v) is 11.0. The second-order valence-corrected chi connectivity index (χ2v) is 8.72. The van der Waals surface area contributed by atoms with Gasteiger partial charge in [-0.05, 0) is 49.6 Å². The molecule has 0 bridgehead atoms. The minimum atomic E-state index is -0.0367. The molecule has 2 heterocycles. The number of thioether (sulfide) groups is 1. The summed E-state index contributed by atoms with van der Waals surface area (Å²) in [5, 5.41) is 10.4. The minimum absolute atomic E-state index is 0.0367. The number of rotatable bonds is 5. The first-order chi connectivity index (χ1) is 14.0. The molecule has 0 N–H and O–H groups in total.